The first-order valence-corrected chi connectivity index (χ1v) is 11.5. The maximum absolute atomic E-state index is 10.3. The molecule has 3 heterocycles. The van der Waals surface area contributed by atoms with Crippen molar-refractivity contribution in [1.29, 1.82) is 0 Å². The van der Waals surface area contributed by atoms with Gasteiger partial charge in [0.25, 0.3) is 0 Å². The smallest absolute Gasteiger partial charge is 0.147 e. The lowest BCUT2D eigenvalue weighted by atomic mass is 9.59. The number of methoxy groups -OCH3 is 3. The summed E-state index contributed by atoms with van der Waals surface area (Å²) < 4.78 is 29.7. The highest BCUT2D eigenvalue weighted by molar-refractivity contribution is 5.04. The molecule has 0 aromatic rings. The van der Waals surface area contributed by atoms with Crippen molar-refractivity contribution in [2.75, 3.05) is 47.8 Å². The maximum atomic E-state index is 10.3. The minimum atomic E-state index is 0.0664. The first kappa shape index (κ1) is 20.6. The van der Waals surface area contributed by atoms with Crippen molar-refractivity contribution in [3.05, 3.63) is 0 Å². The van der Waals surface area contributed by atoms with E-state index in [0.29, 0.717) is 36.5 Å². The number of piperidine rings is 2. The SMILES string of the molecule is COC1CC(OC)C2C[NH+]3CCC4CC5OCOC5C(OC)C4C3CC2C1CO. The third-order valence-electron chi connectivity index (χ3n) is 9.15. The Morgan fingerprint density at radius 1 is 0.966 bits per heavy atom. The Balaban J connectivity index is 1.43. The van der Waals surface area contributed by atoms with Crippen molar-refractivity contribution in [3.63, 3.8) is 0 Å². The Kier molecular flexibility index (Phi) is 5.93. The zero-order chi connectivity index (χ0) is 20.1. The predicted molar refractivity (Wildman–Crippen MR) is 104 cm³/mol. The first-order valence-electron chi connectivity index (χ1n) is 11.5. The molecule has 3 aliphatic heterocycles. The molecule has 0 amide bonds. The van der Waals surface area contributed by atoms with Crippen LogP contribution in [0.4, 0.5) is 0 Å². The molecule has 0 spiro atoms. The Labute approximate surface area is 173 Å². The Hall–Kier alpha value is -0.280. The molecule has 5 aliphatic rings. The van der Waals surface area contributed by atoms with Gasteiger partial charge in [0.2, 0.25) is 0 Å². The number of nitrogens with one attached hydrogen (secondary N) is 1. The molecule has 12 atom stereocenters. The van der Waals surface area contributed by atoms with Crippen molar-refractivity contribution < 1.29 is 33.7 Å². The van der Waals surface area contributed by atoms with E-state index in [4.69, 9.17) is 23.7 Å². The highest BCUT2D eigenvalue weighted by atomic mass is 16.7. The minimum Gasteiger partial charge on any atom is -0.396 e. The normalized spacial score (nSPS) is 54.2. The van der Waals surface area contributed by atoms with Gasteiger partial charge in [0.15, 0.2) is 0 Å². The zero-order valence-corrected chi connectivity index (χ0v) is 18.0. The van der Waals surface area contributed by atoms with Crippen molar-refractivity contribution in [2.45, 2.75) is 62.2 Å². The molecule has 3 saturated heterocycles. The largest absolute Gasteiger partial charge is 0.396 e. The Morgan fingerprint density at radius 2 is 1.79 bits per heavy atom. The van der Waals surface area contributed by atoms with Gasteiger partial charge >= 0.3 is 0 Å². The molecular weight excluding hydrogens is 374 g/mol. The third-order valence-corrected chi connectivity index (χ3v) is 9.15. The van der Waals surface area contributed by atoms with Crippen molar-refractivity contribution in [1.82, 2.24) is 0 Å². The summed E-state index contributed by atoms with van der Waals surface area (Å²) in [5.74, 6) is 2.26. The summed E-state index contributed by atoms with van der Waals surface area (Å²) in [5, 5.41) is 10.3. The molecule has 2 saturated carbocycles. The molecule has 2 N–H and O–H groups in total. The molecule has 7 nitrogen and oxygen atoms in total. The van der Waals surface area contributed by atoms with Gasteiger partial charge in [-0.15, -0.1) is 0 Å². The highest BCUT2D eigenvalue weighted by Gasteiger charge is 2.60. The number of ether oxygens (including phenoxy) is 5. The molecule has 7 heteroatoms. The van der Waals surface area contributed by atoms with E-state index in [-0.39, 0.29) is 43.0 Å². The average molecular weight is 413 g/mol. The Morgan fingerprint density at radius 3 is 2.52 bits per heavy atom. The van der Waals surface area contributed by atoms with Gasteiger partial charge in [0.1, 0.15) is 12.9 Å². The fourth-order valence-electron chi connectivity index (χ4n) is 7.89. The summed E-state index contributed by atoms with van der Waals surface area (Å²) in [4.78, 5) is 1.71. The van der Waals surface area contributed by atoms with E-state index in [0.717, 1.165) is 25.8 Å². The lowest BCUT2D eigenvalue weighted by Gasteiger charge is -2.57. The summed E-state index contributed by atoms with van der Waals surface area (Å²) in [7, 11) is 5.45. The van der Waals surface area contributed by atoms with E-state index in [9.17, 15) is 5.11 Å². The Bertz CT molecular complexity index is 578. The minimum absolute atomic E-state index is 0.0664. The predicted octanol–water partition coefficient (Wildman–Crippen LogP) is -0.285. The number of aliphatic hydroxyl groups excluding tert-OH is 1. The fourth-order valence-corrected chi connectivity index (χ4v) is 7.89. The van der Waals surface area contributed by atoms with Crippen LogP contribution in [0.25, 0.3) is 0 Å². The topological polar surface area (TPSA) is 70.8 Å². The van der Waals surface area contributed by atoms with Crippen LogP contribution in [0, 0.1) is 29.6 Å². The molecule has 12 unspecified atom stereocenters. The van der Waals surface area contributed by atoms with Gasteiger partial charge in [-0.1, -0.05) is 0 Å². The van der Waals surface area contributed by atoms with Crippen molar-refractivity contribution >= 4 is 0 Å². The number of aliphatic hydroxyl groups is 1. The van der Waals surface area contributed by atoms with Gasteiger partial charge in [-0.05, 0) is 18.3 Å². The summed E-state index contributed by atoms with van der Waals surface area (Å²) in [6, 6.07) is 0.548. The van der Waals surface area contributed by atoms with Crippen LogP contribution < -0.4 is 4.90 Å². The second-order valence-electron chi connectivity index (χ2n) is 9.93. The number of hydrogen-bond acceptors (Lipinski definition) is 6. The van der Waals surface area contributed by atoms with Crippen LogP contribution in [0.3, 0.4) is 0 Å². The molecule has 166 valence electrons. The van der Waals surface area contributed by atoms with E-state index >= 15 is 0 Å². The summed E-state index contributed by atoms with van der Waals surface area (Å²) in [6.07, 6.45) is 4.99. The molecule has 5 rings (SSSR count). The third kappa shape index (κ3) is 3.28. The van der Waals surface area contributed by atoms with E-state index in [1.807, 2.05) is 14.2 Å². The number of quaternary nitrogens is 1. The van der Waals surface area contributed by atoms with Gasteiger partial charge in [-0.3, -0.25) is 0 Å². The van der Waals surface area contributed by atoms with Crippen LogP contribution in [0.5, 0.6) is 0 Å². The highest BCUT2D eigenvalue weighted by Crippen LogP contribution is 2.47. The number of fused-ring (bicyclic) bond motifs is 5. The van der Waals surface area contributed by atoms with Gasteiger partial charge in [0, 0.05) is 65.0 Å². The van der Waals surface area contributed by atoms with E-state index in [2.05, 4.69) is 0 Å². The van der Waals surface area contributed by atoms with Crippen molar-refractivity contribution in [3.8, 4) is 0 Å². The van der Waals surface area contributed by atoms with Crippen LogP contribution in [-0.4, -0.2) is 89.5 Å². The van der Waals surface area contributed by atoms with Gasteiger partial charge < -0.3 is 33.7 Å². The lowest BCUT2D eigenvalue weighted by molar-refractivity contribution is -0.948. The quantitative estimate of drug-likeness (QED) is 0.662. The first-order chi connectivity index (χ1) is 14.2. The monoisotopic (exact) mass is 412 g/mol. The molecule has 0 bridgehead atoms. The number of rotatable bonds is 4. The lowest BCUT2D eigenvalue weighted by Crippen LogP contribution is -3.20. The second kappa shape index (κ2) is 8.34. The molecule has 0 aromatic carbocycles. The molecular formula is C22H38NO6+. The van der Waals surface area contributed by atoms with Gasteiger partial charge in [-0.25, -0.2) is 0 Å². The van der Waals surface area contributed by atoms with Crippen molar-refractivity contribution in [2.24, 2.45) is 29.6 Å². The van der Waals surface area contributed by atoms with E-state index < -0.39 is 0 Å². The maximum Gasteiger partial charge on any atom is 0.147 e. The summed E-state index contributed by atoms with van der Waals surface area (Å²) >= 11 is 0. The molecule has 29 heavy (non-hydrogen) atoms. The molecule has 0 aromatic heterocycles. The second-order valence-corrected chi connectivity index (χ2v) is 9.93. The average Bonchev–Trinajstić information content (AvgIpc) is 3.23. The summed E-state index contributed by atoms with van der Waals surface area (Å²) in [6.45, 7) is 2.95. The standard InChI is InChI=1S/C22H37NO6/c1-25-17-8-18(26-2)15(10-24)13-7-16-20-12(4-5-23(16)9-14(13)17)6-19-21(22(20)27-3)29-11-28-19/h12-22,24H,4-11H2,1-3H3/p+1. The zero-order valence-electron chi connectivity index (χ0n) is 18.0. The van der Waals surface area contributed by atoms with Crippen LogP contribution in [0.15, 0.2) is 0 Å². The molecule has 2 aliphatic carbocycles. The van der Waals surface area contributed by atoms with Gasteiger partial charge in [0.05, 0.1) is 43.5 Å². The number of hydrogen-bond donors (Lipinski definition) is 2. The van der Waals surface area contributed by atoms with Crippen LogP contribution in [0.2, 0.25) is 0 Å². The molecule has 0 radical (unpaired) electrons. The fraction of sp³-hybridized carbons (Fsp3) is 1.00. The van der Waals surface area contributed by atoms with Crippen LogP contribution in [-0.2, 0) is 23.7 Å². The van der Waals surface area contributed by atoms with Gasteiger partial charge in [-0.2, -0.15) is 0 Å². The van der Waals surface area contributed by atoms with E-state index in [1.165, 1.54) is 13.0 Å². The molecule has 5 fully saturated rings. The van der Waals surface area contributed by atoms with Crippen LogP contribution >= 0.6 is 0 Å². The van der Waals surface area contributed by atoms with Crippen LogP contribution in [0.1, 0.15) is 25.7 Å². The van der Waals surface area contributed by atoms with E-state index in [1.54, 1.807) is 12.0 Å². The summed E-state index contributed by atoms with van der Waals surface area (Å²) in [5.41, 5.74) is 0.